The van der Waals surface area contributed by atoms with Crippen molar-refractivity contribution in [1.82, 2.24) is 4.90 Å². The molecular weight excluding hydrogens is 306 g/mol. The topological polar surface area (TPSA) is 29.5 Å². The molecule has 19 heavy (non-hydrogen) atoms. The van der Waals surface area contributed by atoms with E-state index in [2.05, 4.69) is 22.5 Å². The van der Waals surface area contributed by atoms with E-state index in [1.165, 1.54) is 0 Å². The highest BCUT2D eigenvalue weighted by Crippen LogP contribution is 2.26. The van der Waals surface area contributed by atoms with Crippen molar-refractivity contribution in [3.05, 3.63) is 47.0 Å². The quantitative estimate of drug-likeness (QED) is 0.773. The molecule has 2 unspecified atom stereocenters. The molecule has 0 N–H and O–H groups in total. The van der Waals surface area contributed by atoms with E-state index in [0.717, 1.165) is 29.4 Å². The van der Waals surface area contributed by atoms with Crippen LogP contribution in [0, 0.1) is 0 Å². The number of carbonyl (C=O) groups excluding carboxylic acids is 1. The number of hydrogen-bond donors (Lipinski definition) is 0. The van der Waals surface area contributed by atoms with E-state index in [0.29, 0.717) is 0 Å². The van der Waals surface area contributed by atoms with Gasteiger partial charge in [-0.25, -0.2) is 4.79 Å². The number of cyclic esters (lactones) is 1. The van der Waals surface area contributed by atoms with Gasteiger partial charge in [-0.1, -0.05) is 34.1 Å². The number of hydrogen-bond acceptors (Lipinski definition) is 2. The van der Waals surface area contributed by atoms with Crippen LogP contribution in [0.5, 0.6) is 0 Å². The van der Waals surface area contributed by atoms with Crippen molar-refractivity contribution in [2.45, 2.75) is 31.9 Å². The molecule has 1 aromatic rings. The Balaban J connectivity index is 2.04. The van der Waals surface area contributed by atoms with Gasteiger partial charge in [0, 0.05) is 23.9 Å². The number of amides is 1. The van der Waals surface area contributed by atoms with Crippen molar-refractivity contribution < 1.29 is 9.53 Å². The lowest BCUT2D eigenvalue weighted by Gasteiger charge is -2.35. The number of halogens is 1. The molecule has 1 fully saturated rings. The molecule has 0 spiro atoms. The van der Waals surface area contributed by atoms with Gasteiger partial charge in [-0.05, 0) is 24.6 Å². The van der Waals surface area contributed by atoms with Crippen molar-refractivity contribution in [1.29, 1.82) is 0 Å². The number of benzene rings is 1. The van der Waals surface area contributed by atoms with Gasteiger partial charge >= 0.3 is 6.09 Å². The largest absolute Gasteiger partial charge is 0.446 e. The van der Waals surface area contributed by atoms with E-state index in [-0.39, 0.29) is 18.2 Å². The minimum atomic E-state index is -0.228. The summed E-state index contributed by atoms with van der Waals surface area (Å²) in [6.45, 7) is 6.44. The van der Waals surface area contributed by atoms with Crippen molar-refractivity contribution in [3.8, 4) is 0 Å². The van der Waals surface area contributed by atoms with Crippen LogP contribution in [-0.4, -0.2) is 23.6 Å². The first-order valence-corrected chi connectivity index (χ1v) is 7.24. The first-order chi connectivity index (χ1) is 9.11. The van der Waals surface area contributed by atoms with Crippen LogP contribution in [0.25, 0.3) is 0 Å². The second kappa shape index (κ2) is 6.24. The van der Waals surface area contributed by atoms with Gasteiger partial charge in [0.25, 0.3) is 0 Å². The van der Waals surface area contributed by atoms with Gasteiger partial charge in [-0.15, -0.1) is 6.58 Å². The third-order valence-electron chi connectivity index (χ3n) is 3.44. The fraction of sp³-hybridized carbons (Fsp3) is 0.400. The standard InChI is InChI=1S/C15H18BrNO2/c1-3-4-14-9-10-17(15(18)19-14)11(2)12-5-7-13(16)8-6-12/h3,5-8,11,14H,1,4,9-10H2,2H3. The summed E-state index contributed by atoms with van der Waals surface area (Å²) in [6, 6.07) is 8.06. The van der Waals surface area contributed by atoms with Gasteiger partial charge in [0.2, 0.25) is 0 Å². The summed E-state index contributed by atoms with van der Waals surface area (Å²) in [7, 11) is 0. The summed E-state index contributed by atoms with van der Waals surface area (Å²) in [5.74, 6) is 0. The van der Waals surface area contributed by atoms with E-state index in [4.69, 9.17) is 4.74 Å². The Bertz CT molecular complexity index is 458. The maximum Gasteiger partial charge on any atom is 0.410 e. The molecule has 0 bridgehead atoms. The molecule has 1 aliphatic rings. The Morgan fingerprint density at radius 3 is 2.79 bits per heavy atom. The maximum atomic E-state index is 12.0. The Morgan fingerprint density at radius 2 is 2.21 bits per heavy atom. The Hall–Kier alpha value is -1.29. The summed E-state index contributed by atoms with van der Waals surface area (Å²) in [5.41, 5.74) is 1.11. The highest BCUT2D eigenvalue weighted by molar-refractivity contribution is 9.10. The molecule has 0 radical (unpaired) electrons. The average molecular weight is 324 g/mol. The predicted molar refractivity (Wildman–Crippen MR) is 79.0 cm³/mol. The fourth-order valence-corrected chi connectivity index (χ4v) is 2.53. The van der Waals surface area contributed by atoms with Gasteiger partial charge in [0.1, 0.15) is 6.10 Å². The average Bonchev–Trinajstić information content (AvgIpc) is 2.39. The smallest absolute Gasteiger partial charge is 0.410 e. The molecule has 0 saturated carbocycles. The number of carbonyl (C=O) groups is 1. The summed E-state index contributed by atoms with van der Waals surface area (Å²) >= 11 is 3.41. The van der Waals surface area contributed by atoms with Crippen LogP contribution in [0.4, 0.5) is 4.79 Å². The molecule has 4 heteroatoms. The lowest BCUT2D eigenvalue weighted by Crippen LogP contribution is -2.43. The molecule has 0 aliphatic carbocycles. The summed E-state index contributed by atoms with van der Waals surface area (Å²) in [4.78, 5) is 13.8. The normalized spacial score (nSPS) is 20.8. The fourth-order valence-electron chi connectivity index (χ4n) is 2.27. The predicted octanol–water partition coefficient (Wildman–Crippen LogP) is 4.30. The molecule has 1 aliphatic heterocycles. The minimum Gasteiger partial charge on any atom is -0.446 e. The first kappa shape index (κ1) is 14.1. The van der Waals surface area contributed by atoms with Crippen LogP contribution < -0.4 is 0 Å². The molecule has 1 heterocycles. The van der Waals surface area contributed by atoms with Crippen LogP contribution >= 0.6 is 15.9 Å². The van der Waals surface area contributed by atoms with Crippen molar-refractivity contribution in [3.63, 3.8) is 0 Å². The Morgan fingerprint density at radius 1 is 1.53 bits per heavy atom. The molecule has 2 rings (SSSR count). The van der Waals surface area contributed by atoms with E-state index in [1.54, 1.807) is 11.0 Å². The first-order valence-electron chi connectivity index (χ1n) is 6.45. The van der Waals surface area contributed by atoms with Crippen LogP contribution in [0.3, 0.4) is 0 Å². The Labute approximate surface area is 122 Å². The lowest BCUT2D eigenvalue weighted by molar-refractivity contribution is 0.0146. The van der Waals surface area contributed by atoms with Crippen LogP contribution in [0.15, 0.2) is 41.4 Å². The van der Waals surface area contributed by atoms with Gasteiger partial charge in [-0.3, -0.25) is 0 Å². The van der Waals surface area contributed by atoms with Crippen LogP contribution in [0.2, 0.25) is 0 Å². The van der Waals surface area contributed by atoms with Gasteiger partial charge in [0.15, 0.2) is 0 Å². The van der Waals surface area contributed by atoms with E-state index in [9.17, 15) is 4.79 Å². The highest BCUT2D eigenvalue weighted by Gasteiger charge is 2.30. The zero-order chi connectivity index (χ0) is 13.8. The van der Waals surface area contributed by atoms with Crippen molar-refractivity contribution >= 4 is 22.0 Å². The SMILES string of the molecule is C=CCC1CCN(C(C)c2ccc(Br)cc2)C(=O)O1. The zero-order valence-corrected chi connectivity index (χ0v) is 12.6. The maximum absolute atomic E-state index is 12.0. The van der Waals surface area contributed by atoms with E-state index >= 15 is 0 Å². The summed E-state index contributed by atoms with van der Waals surface area (Å²) in [6.07, 6.45) is 3.14. The number of nitrogens with zero attached hydrogens (tertiary/aromatic N) is 1. The molecule has 102 valence electrons. The van der Waals surface area contributed by atoms with E-state index in [1.807, 2.05) is 31.2 Å². The zero-order valence-electron chi connectivity index (χ0n) is 11.0. The lowest BCUT2D eigenvalue weighted by atomic mass is 10.1. The van der Waals surface area contributed by atoms with Crippen LogP contribution in [-0.2, 0) is 4.74 Å². The second-order valence-electron chi connectivity index (χ2n) is 4.74. The minimum absolute atomic E-state index is 0.0154. The van der Waals surface area contributed by atoms with Crippen molar-refractivity contribution in [2.24, 2.45) is 0 Å². The van der Waals surface area contributed by atoms with Gasteiger partial charge < -0.3 is 9.64 Å². The number of ether oxygens (including phenoxy) is 1. The third kappa shape index (κ3) is 3.38. The Kier molecular flexibility index (Phi) is 4.64. The van der Waals surface area contributed by atoms with Crippen molar-refractivity contribution in [2.75, 3.05) is 6.54 Å². The van der Waals surface area contributed by atoms with Crippen LogP contribution in [0.1, 0.15) is 31.4 Å². The molecule has 0 aromatic heterocycles. The van der Waals surface area contributed by atoms with E-state index < -0.39 is 0 Å². The molecule has 3 nitrogen and oxygen atoms in total. The number of rotatable bonds is 4. The molecule has 2 atom stereocenters. The third-order valence-corrected chi connectivity index (χ3v) is 3.97. The molecule has 1 aromatic carbocycles. The summed E-state index contributed by atoms with van der Waals surface area (Å²) in [5, 5.41) is 0. The highest BCUT2D eigenvalue weighted by atomic mass is 79.9. The van der Waals surface area contributed by atoms with Gasteiger partial charge in [0.05, 0.1) is 6.04 Å². The molecule has 1 saturated heterocycles. The molecule has 1 amide bonds. The molecular formula is C15H18BrNO2. The monoisotopic (exact) mass is 323 g/mol. The van der Waals surface area contributed by atoms with Gasteiger partial charge in [-0.2, -0.15) is 0 Å². The second-order valence-corrected chi connectivity index (χ2v) is 5.66. The summed E-state index contributed by atoms with van der Waals surface area (Å²) < 4.78 is 6.45.